The Morgan fingerprint density at radius 2 is 1.96 bits per heavy atom. The minimum Gasteiger partial charge on any atom is -0.369 e. The van der Waals surface area contributed by atoms with Gasteiger partial charge in [-0.2, -0.15) is 0 Å². The third-order valence-corrected chi connectivity index (χ3v) is 5.53. The molecule has 0 radical (unpaired) electrons. The van der Waals surface area contributed by atoms with Crippen molar-refractivity contribution in [3.05, 3.63) is 35.9 Å². The molecule has 6 nitrogen and oxygen atoms in total. The number of pyridine rings is 1. The normalized spacial score (nSPS) is 19.1. The van der Waals surface area contributed by atoms with E-state index in [2.05, 4.69) is 4.98 Å². The van der Waals surface area contributed by atoms with Gasteiger partial charge in [0.15, 0.2) is 5.82 Å². The summed E-state index contributed by atoms with van der Waals surface area (Å²) in [5.41, 5.74) is 0.745. The molecule has 2 saturated heterocycles. The van der Waals surface area contributed by atoms with Crippen LogP contribution in [0.2, 0.25) is 0 Å². The number of hydrogen-bond donors (Lipinski definition) is 0. The lowest BCUT2D eigenvalue weighted by Gasteiger charge is -2.43. The van der Waals surface area contributed by atoms with Crippen LogP contribution in [0.4, 0.5) is 14.9 Å². The van der Waals surface area contributed by atoms with E-state index in [-0.39, 0.29) is 23.7 Å². The van der Waals surface area contributed by atoms with Crippen LogP contribution in [0.5, 0.6) is 0 Å². The van der Waals surface area contributed by atoms with Gasteiger partial charge in [-0.15, -0.1) is 0 Å². The number of rotatable bonds is 5. The quantitative estimate of drug-likeness (QED) is 0.573. The van der Waals surface area contributed by atoms with E-state index >= 15 is 0 Å². The molecule has 0 unspecified atom stereocenters. The van der Waals surface area contributed by atoms with Crippen LogP contribution in [0.3, 0.4) is 0 Å². The zero-order chi connectivity index (χ0) is 20.5. The summed E-state index contributed by atoms with van der Waals surface area (Å²) in [7, 11) is 0. The van der Waals surface area contributed by atoms with E-state index < -0.39 is 5.54 Å². The summed E-state index contributed by atoms with van der Waals surface area (Å²) in [6, 6.07) is 1.45. The Morgan fingerprint density at radius 3 is 2.54 bits per heavy atom. The van der Waals surface area contributed by atoms with Gasteiger partial charge < -0.3 is 9.80 Å². The highest BCUT2D eigenvalue weighted by molar-refractivity contribution is 6.07. The number of urea groups is 1. The highest BCUT2D eigenvalue weighted by Crippen LogP contribution is 2.39. The molecule has 152 valence electrons. The number of carbonyl (C=O) groups excluding carboxylic acids is 2. The van der Waals surface area contributed by atoms with Gasteiger partial charge in [0.05, 0.1) is 11.9 Å². The number of imide groups is 1. The molecule has 1 aromatic rings. The topological polar surface area (TPSA) is 56.8 Å². The van der Waals surface area contributed by atoms with Crippen molar-refractivity contribution in [2.24, 2.45) is 5.92 Å². The number of nitrogens with zero attached hydrogens (tertiary/aromatic N) is 4. The zero-order valence-electron chi connectivity index (χ0n) is 17.1. The number of anilines is 1. The minimum absolute atomic E-state index is 0.120. The monoisotopic (exact) mass is 388 g/mol. The second-order valence-electron chi connectivity index (χ2n) is 8.33. The van der Waals surface area contributed by atoms with Crippen molar-refractivity contribution >= 4 is 17.6 Å². The Labute approximate surface area is 166 Å². The molecule has 3 rings (SSSR count). The first-order valence-electron chi connectivity index (χ1n) is 9.87. The van der Waals surface area contributed by atoms with Gasteiger partial charge in [-0.05, 0) is 38.7 Å². The predicted molar refractivity (Wildman–Crippen MR) is 106 cm³/mol. The number of amides is 3. The predicted octanol–water partition coefficient (Wildman–Crippen LogP) is 3.45. The van der Waals surface area contributed by atoms with Gasteiger partial charge in [-0.3, -0.25) is 14.7 Å². The average Bonchev–Trinajstić information content (AvgIpc) is 2.83. The van der Waals surface area contributed by atoms with Gasteiger partial charge in [0.25, 0.3) is 5.91 Å². The van der Waals surface area contributed by atoms with Crippen molar-refractivity contribution in [1.29, 1.82) is 0 Å². The van der Waals surface area contributed by atoms with Crippen molar-refractivity contribution in [3.63, 3.8) is 0 Å². The van der Waals surface area contributed by atoms with Crippen molar-refractivity contribution in [2.45, 2.75) is 46.1 Å². The molecule has 7 heteroatoms. The number of aromatic nitrogens is 1. The number of halogens is 1. The average molecular weight is 388 g/mol. The zero-order valence-corrected chi connectivity index (χ0v) is 17.1. The molecule has 2 aliphatic heterocycles. The molecule has 0 N–H and O–H groups in total. The Balaban J connectivity index is 1.85. The summed E-state index contributed by atoms with van der Waals surface area (Å²) in [5, 5.41) is 0. The molecule has 1 spiro atoms. The highest BCUT2D eigenvalue weighted by Gasteiger charge is 2.57. The van der Waals surface area contributed by atoms with Gasteiger partial charge in [0, 0.05) is 32.4 Å². The van der Waals surface area contributed by atoms with Crippen LogP contribution in [0.15, 0.2) is 30.1 Å². The molecule has 0 aliphatic carbocycles. The van der Waals surface area contributed by atoms with E-state index in [0.29, 0.717) is 44.7 Å². The number of carbonyl (C=O) groups is 2. The van der Waals surface area contributed by atoms with E-state index in [1.165, 1.54) is 11.1 Å². The summed E-state index contributed by atoms with van der Waals surface area (Å²) < 4.78 is 14.1. The van der Waals surface area contributed by atoms with Crippen LogP contribution >= 0.6 is 0 Å². The molecule has 0 aromatic carbocycles. The molecule has 0 saturated carbocycles. The Kier molecular flexibility index (Phi) is 5.72. The lowest BCUT2D eigenvalue weighted by molar-refractivity contribution is -0.134. The lowest BCUT2D eigenvalue weighted by atomic mass is 9.85. The summed E-state index contributed by atoms with van der Waals surface area (Å²) >= 11 is 0. The minimum atomic E-state index is -0.823. The van der Waals surface area contributed by atoms with Gasteiger partial charge >= 0.3 is 6.03 Å². The van der Waals surface area contributed by atoms with E-state index in [4.69, 9.17) is 0 Å². The van der Waals surface area contributed by atoms with Crippen LogP contribution in [0.1, 0.15) is 40.5 Å². The molecule has 3 heterocycles. The molecule has 2 fully saturated rings. The lowest BCUT2D eigenvalue weighted by Crippen LogP contribution is -2.57. The van der Waals surface area contributed by atoms with E-state index in [1.807, 2.05) is 38.7 Å². The van der Waals surface area contributed by atoms with Crippen LogP contribution < -0.4 is 4.90 Å². The Morgan fingerprint density at radius 1 is 1.29 bits per heavy atom. The van der Waals surface area contributed by atoms with E-state index in [1.54, 1.807) is 17.2 Å². The van der Waals surface area contributed by atoms with Crippen molar-refractivity contribution in [3.8, 4) is 0 Å². The molecule has 28 heavy (non-hydrogen) atoms. The van der Waals surface area contributed by atoms with Crippen LogP contribution in [0.25, 0.3) is 0 Å². The Bertz CT molecular complexity index is 780. The summed E-state index contributed by atoms with van der Waals surface area (Å²) in [6.07, 6.45) is 5.67. The maximum atomic E-state index is 14.1. The van der Waals surface area contributed by atoms with Crippen LogP contribution in [0, 0.1) is 11.7 Å². The summed E-state index contributed by atoms with van der Waals surface area (Å²) in [6.45, 7) is 9.88. The third-order valence-electron chi connectivity index (χ3n) is 5.53. The van der Waals surface area contributed by atoms with Gasteiger partial charge in [-0.25, -0.2) is 9.18 Å². The fraction of sp³-hybridized carbons (Fsp3) is 0.571. The number of hydrogen-bond acceptors (Lipinski definition) is 4. The first kappa shape index (κ1) is 20.3. The van der Waals surface area contributed by atoms with Crippen LogP contribution in [-0.4, -0.2) is 58.4 Å². The second kappa shape index (κ2) is 7.89. The van der Waals surface area contributed by atoms with Crippen molar-refractivity contribution < 1.29 is 14.0 Å². The summed E-state index contributed by atoms with van der Waals surface area (Å²) in [4.78, 5) is 35.3. The van der Waals surface area contributed by atoms with Crippen molar-refractivity contribution in [1.82, 2.24) is 14.8 Å². The first-order valence-corrected chi connectivity index (χ1v) is 9.87. The highest BCUT2D eigenvalue weighted by atomic mass is 19.1. The maximum Gasteiger partial charge on any atom is 0.327 e. The first-order chi connectivity index (χ1) is 13.3. The SMILES string of the molecule is CC(C)=CCN1C(=O)N(CC(C)C)C2(CCN(c3ccncc3F)CC2)C1=O. The third kappa shape index (κ3) is 3.62. The molecule has 0 atom stereocenters. The van der Waals surface area contributed by atoms with Gasteiger partial charge in [0.2, 0.25) is 0 Å². The number of piperidine rings is 1. The largest absolute Gasteiger partial charge is 0.369 e. The molecule has 0 bridgehead atoms. The molecule has 2 aliphatic rings. The van der Waals surface area contributed by atoms with E-state index in [9.17, 15) is 14.0 Å². The van der Waals surface area contributed by atoms with E-state index in [0.717, 1.165) is 5.57 Å². The molecular formula is C21H29FN4O2. The standard InChI is InChI=1S/C21H29FN4O2/c1-15(2)6-10-25-19(27)21(26(20(25)28)14-16(3)4)7-11-24(12-8-21)18-5-9-23-13-17(18)22/h5-6,9,13,16H,7-8,10-12,14H2,1-4H3. The van der Waals surface area contributed by atoms with Crippen molar-refractivity contribution in [2.75, 3.05) is 31.1 Å². The maximum absolute atomic E-state index is 14.1. The van der Waals surface area contributed by atoms with Gasteiger partial charge in [-0.1, -0.05) is 25.5 Å². The summed E-state index contributed by atoms with van der Waals surface area (Å²) in [5.74, 6) is -0.227. The molecule has 3 amide bonds. The fourth-order valence-electron chi connectivity index (χ4n) is 4.06. The fourth-order valence-corrected chi connectivity index (χ4v) is 4.06. The number of allylic oxidation sites excluding steroid dienone is 1. The van der Waals surface area contributed by atoms with Crippen LogP contribution in [-0.2, 0) is 4.79 Å². The van der Waals surface area contributed by atoms with Gasteiger partial charge in [0.1, 0.15) is 5.54 Å². The molecular weight excluding hydrogens is 359 g/mol. The molecule has 1 aromatic heterocycles. The smallest absolute Gasteiger partial charge is 0.327 e. The Hall–Kier alpha value is -2.44. The second-order valence-corrected chi connectivity index (χ2v) is 8.33.